The molecule has 1 heterocycles. The van der Waals surface area contributed by atoms with Crippen LogP contribution in [0.2, 0.25) is 0 Å². The molecule has 2 saturated carbocycles. The maximum atomic E-state index is 13.8. The molecule has 6 heteroatoms. The lowest BCUT2D eigenvalue weighted by Crippen LogP contribution is -2.47. The highest BCUT2D eigenvalue weighted by Gasteiger charge is 2.48. The van der Waals surface area contributed by atoms with Crippen molar-refractivity contribution < 1.29 is 23.1 Å². The van der Waals surface area contributed by atoms with Crippen LogP contribution in [-0.4, -0.2) is 48.2 Å². The molecular formula is C34H40F3NO2. The van der Waals surface area contributed by atoms with Crippen molar-refractivity contribution in [2.75, 3.05) is 26.3 Å². The Morgan fingerprint density at radius 1 is 1.02 bits per heavy atom. The third-order valence-corrected chi connectivity index (χ3v) is 9.90. The highest BCUT2D eigenvalue weighted by atomic mass is 19.3. The number of fused-ring (bicyclic) bond motifs is 1. The van der Waals surface area contributed by atoms with Gasteiger partial charge in [-0.3, -0.25) is 4.39 Å². The Labute approximate surface area is 235 Å². The average molecular weight is 552 g/mol. The maximum Gasteiger partial charge on any atom is 0.335 e. The summed E-state index contributed by atoms with van der Waals surface area (Å²) in [6.07, 6.45) is 6.78. The molecule has 0 unspecified atom stereocenters. The summed E-state index contributed by atoms with van der Waals surface area (Å²) in [6, 6.07) is 14.5. The molecule has 1 aliphatic heterocycles. The van der Waals surface area contributed by atoms with Crippen LogP contribution >= 0.6 is 0 Å². The van der Waals surface area contributed by atoms with E-state index in [4.69, 9.17) is 0 Å². The molecule has 0 spiro atoms. The molecule has 6 rings (SSSR count). The van der Waals surface area contributed by atoms with Gasteiger partial charge in [-0.25, -0.2) is 13.6 Å². The number of nitrogens with zero attached hydrogens (tertiary/aromatic N) is 1. The van der Waals surface area contributed by atoms with Gasteiger partial charge in [-0.1, -0.05) is 35.9 Å². The van der Waals surface area contributed by atoms with Gasteiger partial charge in [-0.15, -0.1) is 0 Å². The van der Waals surface area contributed by atoms with E-state index in [-0.39, 0.29) is 19.5 Å². The molecule has 4 aliphatic rings. The van der Waals surface area contributed by atoms with Crippen LogP contribution in [0.15, 0.2) is 48.0 Å². The number of carboxylic acids is 1. The molecule has 214 valence electrons. The summed E-state index contributed by atoms with van der Waals surface area (Å²) >= 11 is 0. The first-order valence-corrected chi connectivity index (χ1v) is 15.2. The Bertz CT molecular complexity index is 1250. The molecular weight excluding hydrogens is 511 g/mol. The average Bonchev–Trinajstić information content (AvgIpc) is 3.72. The van der Waals surface area contributed by atoms with Crippen LogP contribution in [-0.2, 0) is 12.8 Å². The summed E-state index contributed by atoms with van der Waals surface area (Å²) in [6.45, 7) is 2.66. The van der Waals surface area contributed by atoms with Crippen molar-refractivity contribution in [2.45, 2.75) is 70.1 Å². The number of allylic oxidation sites excluding steroid dienone is 1. The van der Waals surface area contributed by atoms with Crippen LogP contribution in [0.3, 0.4) is 0 Å². The minimum absolute atomic E-state index is 0.0175. The molecule has 0 radical (unpaired) electrons. The van der Waals surface area contributed by atoms with Crippen molar-refractivity contribution in [1.29, 1.82) is 0 Å². The highest BCUT2D eigenvalue weighted by Crippen LogP contribution is 2.57. The first kappa shape index (κ1) is 27.6. The van der Waals surface area contributed by atoms with Gasteiger partial charge in [0.1, 0.15) is 0 Å². The van der Waals surface area contributed by atoms with Crippen molar-refractivity contribution in [3.63, 3.8) is 0 Å². The van der Waals surface area contributed by atoms with E-state index in [0.717, 1.165) is 62.9 Å². The molecule has 1 saturated heterocycles. The molecule has 2 aromatic rings. The van der Waals surface area contributed by atoms with Crippen LogP contribution in [0.5, 0.6) is 0 Å². The second-order valence-corrected chi connectivity index (χ2v) is 12.7. The van der Waals surface area contributed by atoms with Gasteiger partial charge < -0.3 is 10.0 Å². The molecule has 0 amide bonds. The number of hydrogen-bond donors (Lipinski definition) is 1. The van der Waals surface area contributed by atoms with Gasteiger partial charge in [-0.05, 0) is 115 Å². The number of hydrogen-bond acceptors (Lipinski definition) is 2. The molecule has 0 bridgehead atoms. The smallest absolute Gasteiger partial charge is 0.335 e. The minimum Gasteiger partial charge on any atom is -0.478 e. The predicted molar refractivity (Wildman–Crippen MR) is 152 cm³/mol. The van der Waals surface area contributed by atoms with Gasteiger partial charge in [-0.2, -0.15) is 0 Å². The van der Waals surface area contributed by atoms with E-state index < -0.39 is 11.9 Å². The lowest BCUT2D eigenvalue weighted by molar-refractivity contribution is -0.0483. The van der Waals surface area contributed by atoms with E-state index in [0.29, 0.717) is 48.5 Å². The van der Waals surface area contributed by atoms with Gasteiger partial charge in [0.2, 0.25) is 5.92 Å². The molecule has 3 fully saturated rings. The van der Waals surface area contributed by atoms with Gasteiger partial charge >= 0.3 is 5.97 Å². The largest absolute Gasteiger partial charge is 0.478 e. The van der Waals surface area contributed by atoms with E-state index in [2.05, 4.69) is 29.2 Å². The Morgan fingerprint density at radius 2 is 1.77 bits per heavy atom. The van der Waals surface area contributed by atoms with Gasteiger partial charge in [0, 0.05) is 32.5 Å². The van der Waals surface area contributed by atoms with Crippen molar-refractivity contribution in [3.8, 4) is 0 Å². The van der Waals surface area contributed by atoms with Crippen LogP contribution in [0.4, 0.5) is 13.2 Å². The molecule has 3 nitrogen and oxygen atoms in total. The summed E-state index contributed by atoms with van der Waals surface area (Å²) in [5.74, 6) is -1.49. The lowest BCUT2D eigenvalue weighted by atomic mass is 9.81. The Morgan fingerprint density at radius 3 is 2.48 bits per heavy atom. The minimum atomic E-state index is -2.50. The van der Waals surface area contributed by atoms with Crippen molar-refractivity contribution in [2.24, 2.45) is 23.7 Å². The van der Waals surface area contributed by atoms with E-state index in [1.165, 1.54) is 22.3 Å². The molecule has 2 aromatic carbocycles. The van der Waals surface area contributed by atoms with Crippen molar-refractivity contribution in [3.05, 3.63) is 75.9 Å². The van der Waals surface area contributed by atoms with Gasteiger partial charge in [0.25, 0.3) is 0 Å². The van der Waals surface area contributed by atoms with Crippen molar-refractivity contribution >= 4 is 11.5 Å². The van der Waals surface area contributed by atoms with E-state index >= 15 is 0 Å². The fourth-order valence-corrected chi connectivity index (χ4v) is 7.70. The fraction of sp³-hybridized carbons (Fsp3) is 0.559. The number of carbonyl (C=O) groups is 1. The monoisotopic (exact) mass is 551 g/mol. The maximum absolute atomic E-state index is 13.8. The number of alkyl halides is 3. The first-order valence-electron chi connectivity index (χ1n) is 15.2. The standard InChI is InChI=1S/C34H40F3NO2/c35-15-2-16-38-20-23(21-38)17-22-5-7-25(8-6-22)32-28-10-9-27(33(39)40)18-26(28)3-1-4-29(32)31-19-30(31)24-11-13-34(36,37)14-12-24/h5-10,18,23-24,30-31H,1-4,11-17,19-21H2,(H,39,40)/t30-,31-/m0/s1. The number of halogens is 3. The third-order valence-electron chi connectivity index (χ3n) is 9.90. The zero-order chi connectivity index (χ0) is 27.9. The lowest BCUT2D eigenvalue weighted by Gasteiger charge is -2.39. The zero-order valence-electron chi connectivity index (χ0n) is 23.2. The molecule has 1 N–H and O–H groups in total. The van der Waals surface area contributed by atoms with Crippen LogP contribution < -0.4 is 0 Å². The number of aryl methyl sites for hydroxylation is 1. The molecule has 3 aliphatic carbocycles. The zero-order valence-corrected chi connectivity index (χ0v) is 23.2. The predicted octanol–water partition coefficient (Wildman–Crippen LogP) is 7.82. The number of carboxylic acid groups (broad SMARTS) is 1. The van der Waals surface area contributed by atoms with Crippen LogP contribution in [0.1, 0.15) is 84.0 Å². The summed E-state index contributed by atoms with van der Waals surface area (Å²) in [4.78, 5) is 14.0. The second kappa shape index (κ2) is 11.3. The Balaban J connectivity index is 1.26. The number of likely N-dealkylation sites (tertiary alicyclic amines) is 1. The van der Waals surface area contributed by atoms with E-state index in [1.807, 2.05) is 12.1 Å². The second-order valence-electron chi connectivity index (χ2n) is 12.7. The number of benzene rings is 2. The fourth-order valence-electron chi connectivity index (χ4n) is 7.70. The van der Waals surface area contributed by atoms with E-state index in [1.54, 1.807) is 6.07 Å². The van der Waals surface area contributed by atoms with Gasteiger partial charge in [0.15, 0.2) is 0 Å². The Kier molecular flexibility index (Phi) is 7.82. The van der Waals surface area contributed by atoms with E-state index in [9.17, 15) is 23.1 Å². The molecule has 0 aromatic heterocycles. The number of rotatable bonds is 9. The van der Waals surface area contributed by atoms with Crippen LogP contribution in [0, 0.1) is 23.7 Å². The molecule has 40 heavy (non-hydrogen) atoms. The summed E-state index contributed by atoms with van der Waals surface area (Å²) in [5, 5.41) is 9.61. The Hall–Kier alpha value is -2.60. The number of aromatic carboxylic acids is 1. The van der Waals surface area contributed by atoms with Gasteiger partial charge in [0.05, 0.1) is 12.2 Å². The van der Waals surface area contributed by atoms with Crippen molar-refractivity contribution in [1.82, 2.24) is 4.90 Å². The quantitative estimate of drug-likeness (QED) is 0.345. The SMILES string of the molecule is O=C(O)c1ccc2c(c1)CCCC([C@@H]1C[C@H]1C1CCC(F)(F)CC1)=C2c1ccc(CC2CN(CCCF)C2)cc1. The first-order chi connectivity index (χ1) is 19.3. The topological polar surface area (TPSA) is 40.5 Å². The summed E-state index contributed by atoms with van der Waals surface area (Å²) in [5.41, 5.74) is 7.71. The normalized spacial score (nSPS) is 25.3. The third kappa shape index (κ3) is 5.88. The molecule has 2 atom stereocenters. The summed E-state index contributed by atoms with van der Waals surface area (Å²) in [7, 11) is 0. The highest BCUT2D eigenvalue weighted by molar-refractivity contribution is 5.90. The van der Waals surface area contributed by atoms with Crippen LogP contribution in [0.25, 0.3) is 5.57 Å². The summed E-state index contributed by atoms with van der Waals surface area (Å²) < 4.78 is 40.2.